The van der Waals surface area contributed by atoms with Crippen molar-refractivity contribution in [2.24, 2.45) is 0 Å². The van der Waals surface area contributed by atoms with Gasteiger partial charge in [0, 0.05) is 15.1 Å². The fourth-order valence-electron chi connectivity index (χ4n) is 3.23. The number of amides is 2. The normalized spacial score (nSPS) is 14.3. The third kappa shape index (κ3) is 6.29. The molecule has 0 atom stereocenters. The summed E-state index contributed by atoms with van der Waals surface area (Å²) in [6.07, 6.45) is 1.53. The van der Waals surface area contributed by atoms with Gasteiger partial charge in [-0.3, -0.25) is 14.5 Å². The molecule has 1 heterocycles. The monoisotopic (exact) mass is 587 g/mol. The third-order valence-corrected chi connectivity index (χ3v) is 6.71. The molecule has 0 spiro atoms. The first kappa shape index (κ1) is 25.8. The quantitative estimate of drug-likeness (QED) is 0.170. The Kier molecular flexibility index (Phi) is 8.35. The smallest absolute Gasteiger partial charge is 0.343 e. The Morgan fingerprint density at radius 1 is 1.03 bits per heavy atom. The Morgan fingerprint density at radius 3 is 2.42 bits per heavy atom. The number of hydrogen-bond acceptors (Lipinski definition) is 7. The summed E-state index contributed by atoms with van der Waals surface area (Å²) < 4.78 is 17.0. The summed E-state index contributed by atoms with van der Waals surface area (Å²) in [6.45, 7) is 0.219. The number of thioether (sulfide) groups is 1. The van der Waals surface area contributed by atoms with Gasteiger partial charge in [0.15, 0.2) is 0 Å². The lowest BCUT2D eigenvalue weighted by Crippen LogP contribution is -2.32. The fraction of sp³-hybridized carbons (Fsp3) is 0.115. The molecule has 4 rings (SSSR count). The number of nitrogens with zero attached hydrogens (tertiary/aromatic N) is 1. The van der Waals surface area contributed by atoms with Crippen molar-refractivity contribution in [1.29, 1.82) is 0 Å². The zero-order valence-electron chi connectivity index (χ0n) is 18.9. The molecule has 1 saturated heterocycles. The van der Waals surface area contributed by atoms with E-state index in [4.69, 9.17) is 25.8 Å². The van der Waals surface area contributed by atoms with Gasteiger partial charge in [-0.25, -0.2) is 4.79 Å². The highest BCUT2D eigenvalue weighted by atomic mass is 79.9. The van der Waals surface area contributed by atoms with Gasteiger partial charge < -0.3 is 14.2 Å². The summed E-state index contributed by atoms with van der Waals surface area (Å²) in [5, 5.41) is 0.178. The Labute approximate surface area is 225 Å². The molecule has 1 aliphatic heterocycles. The van der Waals surface area contributed by atoms with E-state index in [1.807, 2.05) is 0 Å². The standard InChI is InChI=1S/C26H19BrClNO6S/c1-33-20-7-2-16(3-8-20)25(31)35-22-11-4-18(27)14-17(22)15-23-24(30)29(26(32)36-23)12-13-34-21-9-5-19(28)6-10-21/h2-11,14-15H,12-13H2,1H3/b23-15-. The Hall–Kier alpha value is -3.27. The number of ether oxygens (including phenoxy) is 3. The molecule has 10 heteroatoms. The van der Waals surface area contributed by atoms with Crippen LogP contribution < -0.4 is 14.2 Å². The third-order valence-electron chi connectivity index (χ3n) is 5.06. The first-order valence-electron chi connectivity index (χ1n) is 10.6. The number of esters is 1. The highest BCUT2D eigenvalue weighted by Gasteiger charge is 2.35. The van der Waals surface area contributed by atoms with Gasteiger partial charge in [0.05, 0.1) is 24.1 Å². The van der Waals surface area contributed by atoms with E-state index < -0.39 is 17.1 Å². The maximum Gasteiger partial charge on any atom is 0.343 e. The maximum absolute atomic E-state index is 12.9. The number of benzene rings is 3. The van der Waals surface area contributed by atoms with Crippen LogP contribution in [0.25, 0.3) is 6.08 Å². The van der Waals surface area contributed by atoms with Gasteiger partial charge in [0.25, 0.3) is 11.1 Å². The van der Waals surface area contributed by atoms with Gasteiger partial charge in [0.2, 0.25) is 0 Å². The summed E-state index contributed by atoms with van der Waals surface area (Å²) in [5.41, 5.74) is 0.805. The van der Waals surface area contributed by atoms with Crippen LogP contribution in [0.2, 0.25) is 5.02 Å². The van der Waals surface area contributed by atoms with E-state index in [2.05, 4.69) is 15.9 Å². The Morgan fingerprint density at radius 2 is 1.72 bits per heavy atom. The molecule has 0 bridgehead atoms. The lowest BCUT2D eigenvalue weighted by molar-refractivity contribution is -0.123. The molecular weight excluding hydrogens is 570 g/mol. The second-order valence-corrected chi connectivity index (χ2v) is 9.78. The van der Waals surface area contributed by atoms with E-state index >= 15 is 0 Å². The molecule has 36 heavy (non-hydrogen) atoms. The molecular formula is C26H19BrClNO6S. The number of imide groups is 1. The van der Waals surface area contributed by atoms with Crippen LogP contribution in [0.4, 0.5) is 4.79 Å². The molecule has 0 saturated carbocycles. The van der Waals surface area contributed by atoms with Crippen LogP contribution in [0.5, 0.6) is 17.2 Å². The van der Waals surface area contributed by atoms with Gasteiger partial charge >= 0.3 is 5.97 Å². The van der Waals surface area contributed by atoms with E-state index in [1.54, 1.807) is 66.7 Å². The second-order valence-electron chi connectivity index (χ2n) is 7.44. The van der Waals surface area contributed by atoms with Crippen molar-refractivity contribution in [2.45, 2.75) is 0 Å². The molecule has 0 unspecified atom stereocenters. The number of rotatable bonds is 8. The molecule has 0 aliphatic carbocycles. The summed E-state index contributed by atoms with van der Waals surface area (Å²) in [7, 11) is 1.54. The molecule has 3 aromatic rings. The highest BCUT2D eigenvalue weighted by molar-refractivity contribution is 9.10. The molecule has 0 N–H and O–H groups in total. The zero-order valence-corrected chi connectivity index (χ0v) is 22.1. The maximum atomic E-state index is 12.9. The average Bonchev–Trinajstić information content (AvgIpc) is 3.14. The predicted molar refractivity (Wildman–Crippen MR) is 142 cm³/mol. The van der Waals surface area contributed by atoms with Crippen molar-refractivity contribution >= 4 is 62.5 Å². The molecule has 1 aliphatic rings. The van der Waals surface area contributed by atoms with Crippen LogP contribution in [0.1, 0.15) is 15.9 Å². The van der Waals surface area contributed by atoms with E-state index in [0.29, 0.717) is 32.1 Å². The first-order valence-corrected chi connectivity index (χ1v) is 12.6. The number of hydrogen-bond donors (Lipinski definition) is 0. The molecule has 1 fully saturated rings. The van der Waals surface area contributed by atoms with E-state index in [1.165, 1.54) is 13.2 Å². The predicted octanol–water partition coefficient (Wildman–Crippen LogP) is 6.45. The number of halogens is 2. The van der Waals surface area contributed by atoms with Crippen LogP contribution in [-0.2, 0) is 4.79 Å². The van der Waals surface area contributed by atoms with Crippen molar-refractivity contribution in [3.05, 3.63) is 92.3 Å². The summed E-state index contributed by atoms with van der Waals surface area (Å²) in [6, 6.07) is 18.3. The fourth-order valence-corrected chi connectivity index (χ4v) is 4.59. The van der Waals surface area contributed by atoms with E-state index in [0.717, 1.165) is 16.7 Å². The minimum Gasteiger partial charge on any atom is -0.497 e. The van der Waals surface area contributed by atoms with Gasteiger partial charge in [0.1, 0.15) is 23.9 Å². The topological polar surface area (TPSA) is 82.1 Å². The Bertz CT molecular complexity index is 1330. The van der Waals surface area contributed by atoms with Gasteiger partial charge in [-0.2, -0.15) is 0 Å². The highest BCUT2D eigenvalue weighted by Crippen LogP contribution is 2.35. The van der Waals surface area contributed by atoms with Gasteiger partial charge in [-0.1, -0.05) is 27.5 Å². The minimum absolute atomic E-state index is 0.0857. The SMILES string of the molecule is COc1ccc(C(=O)Oc2ccc(Br)cc2/C=C2\SC(=O)N(CCOc3ccc(Cl)cc3)C2=O)cc1. The molecule has 0 aromatic heterocycles. The summed E-state index contributed by atoms with van der Waals surface area (Å²) in [5.74, 6) is 0.431. The van der Waals surface area contributed by atoms with Crippen molar-refractivity contribution < 1.29 is 28.6 Å². The summed E-state index contributed by atoms with van der Waals surface area (Å²) >= 11 is 10.1. The van der Waals surface area contributed by atoms with Crippen LogP contribution >= 0.6 is 39.3 Å². The zero-order chi connectivity index (χ0) is 25.7. The van der Waals surface area contributed by atoms with E-state index in [-0.39, 0.29) is 23.8 Å². The number of carbonyl (C=O) groups is 3. The van der Waals surface area contributed by atoms with Gasteiger partial charge in [-0.15, -0.1) is 0 Å². The van der Waals surface area contributed by atoms with Crippen molar-refractivity contribution in [3.63, 3.8) is 0 Å². The second kappa shape index (κ2) is 11.6. The van der Waals surface area contributed by atoms with Crippen LogP contribution in [0.15, 0.2) is 76.1 Å². The average molecular weight is 589 g/mol. The molecule has 3 aromatic carbocycles. The molecule has 2 amide bonds. The molecule has 184 valence electrons. The summed E-state index contributed by atoms with van der Waals surface area (Å²) in [4.78, 5) is 39.4. The number of methoxy groups -OCH3 is 1. The lowest BCUT2D eigenvalue weighted by atomic mass is 10.1. The van der Waals surface area contributed by atoms with Crippen molar-refractivity contribution in [2.75, 3.05) is 20.3 Å². The largest absolute Gasteiger partial charge is 0.497 e. The van der Waals surface area contributed by atoms with Crippen LogP contribution in [0, 0.1) is 0 Å². The minimum atomic E-state index is -0.568. The number of carbonyl (C=O) groups excluding carboxylic acids is 3. The van der Waals surface area contributed by atoms with Crippen LogP contribution in [-0.4, -0.2) is 42.3 Å². The Balaban J connectivity index is 1.47. The first-order chi connectivity index (χ1) is 17.3. The molecule has 7 nitrogen and oxygen atoms in total. The molecule has 0 radical (unpaired) electrons. The van der Waals surface area contributed by atoms with Crippen molar-refractivity contribution in [1.82, 2.24) is 4.90 Å². The van der Waals surface area contributed by atoms with E-state index in [9.17, 15) is 14.4 Å². The van der Waals surface area contributed by atoms with Gasteiger partial charge in [-0.05, 0) is 84.6 Å². The van der Waals surface area contributed by atoms with Crippen LogP contribution in [0.3, 0.4) is 0 Å². The van der Waals surface area contributed by atoms with Crippen molar-refractivity contribution in [3.8, 4) is 17.2 Å². The lowest BCUT2D eigenvalue weighted by Gasteiger charge is -2.13.